The van der Waals surface area contributed by atoms with Crippen molar-refractivity contribution < 1.29 is 13.5 Å². The van der Waals surface area contributed by atoms with Crippen molar-refractivity contribution in [1.82, 2.24) is 4.72 Å². The maximum atomic E-state index is 11.5. The van der Waals surface area contributed by atoms with Gasteiger partial charge in [0.05, 0.1) is 11.6 Å². The topological polar surface area (TPSA) is 66.4 Å². The summed E-state index contributed by atoms with van der Waals surface area (Å²) in [4.78, 5) is 0.0233. The number of aliphatic hydroxyl groups is 1. The Morgan fingerprint density at radius 2 is 2.00 bits per heavy atom. The number of hydrogen-bond donors (Lipinski definition) is 2. The van der Waals surface area contributed by atoms with E-state index in [4.69, 9.17) is 16.7 Å². The monoisotopic (exact) mass is 235 g/mol. The summed E-state index contributed by atoms with van der Waals surface area (Å²) in [5.41, 5.74) is 0. The zero-order chi connectivity index (χ0) is 10.6. The van der Waals surface area contributed by atoms with Crippen molar-refractivity contribution in [3.05, 3.63) is 29.3 Å². The highest BCUT2D eigenvalue weighted by Gasteiger charge is 2.15. The molecule has 0 saturated carbocycles. The van der Waals surface area contributed by atoms with Gasteiger partial charge in [0.2, 0.25) is 10.0 Å². The molecule has 0 radical (unpaired) electrons. The highest BCUT2D eigenvalue weighted by atomic mass is 35.5. The second-order valence-corrected chi connectivity index (χ2v) is 4.69. The first-order valence-electron chi connectivity index (χ1n) is 3.93. The quantitative estimate of drug-likeness (QED) is 0.804. The van der Waals surface area contributed by atoms with Crippen LogP contribution in [-0.2, 0) is 10.0 Å². The van der Waals surface area contributed by atoms with Crippen LogP contribution >= 0.6 is 11.6 Å². The van der Waals surface area contributed by atoms with Gasteiger partial charge in [0.25, 0.3) is 0 Å². The number of rotatable bonds is 4. The Morgan fingerprint density at radius 3 is 2.57 bits per heavy atom. The van der Waals surface area contributed by atoms with Crippen LogP contribution in [0.15, 0.2) is 29.2 Å². The van der Waals surface area contributed by atoms with Crippen LogP contribution in [0.25, 0.3) is 0 Å². The number of benzene rings is 1. The van der Waals surface area contributed by atoms with Crippen LogP contribution in [0.5, 0.6) is 0 Å². The van der Waals surface area contributed by atoms with Crippen molar-refractivity contribution in [2.24, 2.45) is 0 Å². The van der Waals surface area contributed by atoms with E-state index in [1.807, 2.05) is 0 Å². The maximum absolute atomic E-state index is 11.5. The number of aliphatic hydroxyl groups excluding tert-OH is 1. The zero-order valence-electron chi connectivity index (χ0n) is 7.27. The summed E-state index contributed by atoms with van der Waals surface area (Å²) in [5.74, 6) is 0. The Bertz CT molecular complexity index is 405. The molecule has 0 aliphatic rings. The Hall–Kier alpha value is -0.620. The Balaban J connectivity index is 2.99. The maximum Gasteiger partial charge on any atom is 0.242 e. The predicted octanol–water partition coefficient (Wildman–Crippen LogP) is 0.611. The fraction of sp³-hybridized carbons (Fsp3) is 0.250. The summed E-state index contributed by atoms with van der Waals surface area (Å²) in [6, 6.07) is 6.13. The summed E-state index contributed by atoms with van der Waals surface area (Å²) in [5, 5.41) is 8.65. The minimum absolute atomic E-state index is 0.0203. The van der Waals surface area contributed by atoms with Crippen LogP contribution in [0, 0.1) is 0 Å². The van der Waals surface area contributed by atoms with Crippen molar-refractivity contribution >= 4 is 21.6 Å². The lowest BCUT2D eigenvalue weighted by atomic mass is 10.4. The molecule has 0 saturated heterocycles. The number of sulfonamides is 1. The van der Waals surface area contributed by atoms with Crippen LogP contribution in [0.3, 0.4) is 0 Å². The highest BCUT2D eigenvalue weighted by Crippen LogP contribution is 2.19. The summed E-state index contributed by atoms with van der Waals surface area (Å²) in [7, 11) is -3.60. The number of halogens is 1. The van der Waals surface area contributed by atoms with Gasteiger partial charge in [-0.2, -0.15) is 0 Å². The lowest BCUT2D eigenvalue weighted by Gasteiger charge is -2.06. The Morgan fingerprint density at radius 1 is 1.36 bits per heavy atom. The largest absolute Gasteiger partial charge is 0.395 e. The molecule has 0 unspecified atom stereocenters. The summed E-state index contributed by atoms with van der Waals surface area (Å²) < 4.78 is 25.2. The van der Waals surface area contributed by atoms with Gasteiger partial charge < -0.3 is 5.11 Å². The lowest BCUT2D eigenvalue weighted by Crippen LogP contribution is -2.26. The highest BCUT2D eigenvalue weighted by molar-refractivity contribution is 7.89. The van der Waals surface area contributed by atoms with E-state index >= 15 is 0 Å². The molecule has 1 aromatic carbocycles. The zero-order valence-corrected chi connectivity index (χ0v) is 8.85. The molecule has 14 heavy (non-hydrogen) atoms. The molecular formula is C8H10ClNO3S. The van der Waals surface area contributed by atoms with Crippen LogP contribution in [0.1, 0.15) is 0 Å². The fourth-order valence-corrected chi connectivity index (χ4v) is 2.46. The molecule has 1 aromatic rings. The smallest absolute Gasteiger partial charge is 0.242 e. The molecule has 0 aromatic heterocycles. The molecule has 0 spiro atoms. The van der Waals surface area contributed by atoms with Crippen molar-refractivity contribution in [2.45, 2.75) is 4.90 Å². The first-order valence-corrected chi connectivity index (χ1v) is 5.79. The molecule has 0 atom stereocenters. The van der Waals surface area contributed by atoms with E-state index in [0.717, 1.165) is 0 Å². The van der Waals surface area contributed by atoms with E-state index in [1.165, 1.54) is 12.1 Å². The van der Waals surface area contributed by atoms with E-state index < -0.39 is 10.0 Å². The molecule has 0 amide bonds. The van der Waals surface area contributed by atoms with Crippen LogP contribution in [0.2, 0.25) is 5.02 Å². The molecule has 1 rings (SSSR count). The molecule has 6 heteroatoms. The molecule has 2 N–H and O–H groups in total. The van der Waals surface area contributed by atoms with Gasteiger partial charge in [-0.3, -0.25) is 0 Å². The normalized spacial score (nSPS) is 11.6. The molecule has 0 heterocycles. The average Bonchev–Trinajstić information content (AvgIpc) is 2.15. The summed E-state index contributed by atoms with van der Waals surface area (Å²) >= 11 is 5.71. The number of hydrogen-bond acceptors (Lipinski definition) is 3. The van der Waals surface area contributed by atoms with Crippen LogP contribution < -0.4 is 4.72 Å². The van der Waals surface area contributed by atoms with Gasteiger partial charge in [-0.25, -0.2) is 13.1 Å². The molecule has 0 aliphatic carbocycles. The SMILES string of the molecule is O=S(=O)(NCCO)c1ccccc1Cl. The standard InChI is InChI=1S/C8H10ClNO3S/c9-7-3-1-2-4-8(7)14(12,13)10-5-6-11/h1-4,10-11H,5-6H2. The van der Waals surface area contributed by atoms with Crippen LogP contribution in [-0.4, -0.2) is 26.7 Å². The van der Waals surface area contributed by atoms with Gasteiger partial charge in [-0.15, -0.1) is 0 Å². The van der Waals surface area contributed by atoms with Gasteiger partial charge in [0, 0.05) is 6.54 Å². The van der Waals surface area contributed by atoms with Crippen molar-refractivity contribution in [3.63, 3.8) is 0 Å². The van der Waals surface area contributed by atoms with Crippen LogP contribution in [0.4, 0.5) is 0 Å². The van der Waals surface area contributed by atoms with Gasteiger partial charge in [0.1, 0.15) is 4.90 Å². The molecule has 0 aliphatic heterocycles. The Labute approximate surface area is 87.6 Å². The van der Waals surface area contributed by atoms with Gasteiger partial charge >= 0.3 is 0 Å². The van der Waals surface area contributed by atoms with E-state index in [2.05, 4.69) is 4.72 Å². The van der Waals surface area contributed by atoms with Crippen molar-refractivity contribution in [3.8, 4) is 0 Å². The third-order valence-corrected chi connectivity index (χ3v) is 3.49. The van der Waals surface area contributed by atoms with Gasteiger partial charge in [-0.05, 0) is 12.1 Å². The second-order valence-electron chi connectivity index (χ2n) is 2.55. The first-order chi connectivity index (χ1) is 6.58. The molecule has 78 valence electrons. The third kappa shape index (κ3) is 2.68. The summed E-state index contributed by atoms with van der Waals surface area (Å²) in [6.07, 6.45) is 0. The van der Waals surface area contributed by atoms with E-state index in [-0.39, 0.29) is 23.1 Å². The average molecular weight is 236 g/mol. The van der Waals surface area contributed by atoms with E-state index in [0.29, 0.717) is 0 Å². The molecular weight excluding hydrogens is 226 g/mol. The van der Waals surface area contributed by atoms with Gasteiger partial charge in [0.15, 0.2) is 0 Å². The second kappa shape index (κ2) is 4.75. The van der Waals surface area contributed by atoms with Gasteiger partial charge in [-0.1, -0.05) is 23.7 Å². The summed E-state index contributed by atoms with van der Waals surface area (Å²) in [6.45, 7) is -0.267. The minimum Gasteiger partial charge on any atom is -0.395 e. The Kier molecular flexibility index (Phi) is 3.88. The minimum atomic E-state index is -3.60. The van der Waals surface area contributed by atoms with E-state index in [9.17, 15) is 8.42 Å². The molecule has 4 nitrogen and oxygen atoms in total. The fourth-order valence-electron chi connectivity index (χ4n) is 0.920. The van der Waals surface area contributed by atoms with Crippen molar-refractivity contribution in [2.75, 3.05) is 13.2 Å². The number of nitrogens with one attached hydrogen (secondary N) is 1. The first kappa shape index (κ1) is 11.5. The lowest BCUT2D eigenvalue weighted by molar-refractivity contribution is 0.301. The third-order valence-electron chi connectivity index (χ3n) is 1.53. The van der Waals surface area contributed by atoms with Crippen molar-refractivity contribution in [1.29, 1.82) is 0 Å². The molecule has 0 fully saturated rings. The van der Waals surface area contributed by atoms with E-state index in [1.54, 1.807) is 12.1 Å². The molecule has 0 bridgehead atoms. The predicted molar refractivity (Wildman–Crippen MR) is 53.7 cm³/mol.